The van der Waals surface area contributed by atoms with Gasteiger partial charge >= 0.3 is 5.97 Å². The highest BCUT2D eigenvalue weighted by Crippen LogP contribution is 2.50. The fourth-order valence-corrected chi connectivity index (χ4v) is 5.52. The van der Waals surface area contributed by atoms with Crippen molar-refractivity contribution < 1.29 is 19.4 Å². The first-order valence-corrected chi connectivity index (χ1v) is 12.6. The number of aliphatic carboxylic acids is 1. The average Bonchev–Trinajstić information content (AvgIpc) is 3.38. The summed E-state index contributed by atoms with van der Waals surface area (Å²) in [6.07, 6.45) is 5.76. The molecule has 4 rings (SSSR count). The largest absolute Gasteiger partial charge is 0.481 e. The lowest BCUT2D eigenvalue weighted by Crippen LogP contribution is -2.44. The molecule has 0 spiro atoms. The minimum atomic E-state index is -1.11. The predicted octanol–water partition coefficient (Wildman–Crippen LogP) is 5.99. The Morgan fingerprint density at radius 3 is 2.31 bits per heavy atom. The monoisotopic (exact) mass is 486 g/mol. The van der Waals surface area contributed by atoms with Crippen molar-refractivity contribution in [1.82, 2.24) is 4.98 Å². The summed E-state index contributed by atoms with van der Waals surface area (Å²) in [5, 5.41) is 13.6. The maximum atomic E-state index is 13.8. The normalized spacial score (nSPS) is 16.2. The Balaban J connectivity index is 1.62. The summed E-state index contributed by atoms with van der Waals surface area (Å²) in [5.41, 5.74) is 1.06. The molecule has 1 fully saturated rings. The number of carbonyl (C=O) groups excluding carboxylic acids is 1. The molecular formula is C30H34N2O4. The van der Waals surface area contributed by atoms with E-state index in [0.29, 0.717) is 38.1 Å². The number of carboxylic acid groups (broad SMARTS) is 1. The summed E-state index contributed by atoms with van der Waals surface area (Å²) in [4.78, 5) is 31.1. The number of hydrogen-bond acceptors (Lipinski definition) is 4. The van der Waals surface area contributed by atoms with E-state index in [9.17, 15) is 14.7 Å². The average molecular weight is 487 g/mol. The molecule has 1 aromatic heterocycles. The molecule has 1 atom stereocenters. The molecule has 36 heavy (non-hydrogen) atoms. The van der Waals surface area contributed by atoms with Crippen molar-refractivity contribution in [3.63, 3.8) is 0 Å². The predicted molar refractivity (Wildman–Crippen MR) is 141 cm³/mol. The second kappa shape index (κ2) is 11.5. The first-order chi connectivity index (χ1) is 17.5. The summed E-state index contributed by atoms with van der Waals surface area (Å²) >= 11 is 0. The van der Waals surface area contributed by atoms with Crippen LogP contribution in [0.2, 0.25) is 0 Å². The number of nitrogens with one attached hydrogen (secondary N) is 1. The number of hydrogen-bond donors (Lipinski definition) is 2. The van der Waals surface area contributed by atoms with E-state index in [4.69, 9.17) is 4.74 Å². The minimum Gasteiger partial charge on any atom is -0.481 e. The summed E-state index contributed by atoms with van der Waals surface area (Å²) < 4.78 is 5.32. The van der Waals surface area contributed by atoms with Crippen LogP contribution in [0, 0.1) is 10.8 Å². The van der Waals surface area contributed by atoms with Crippen LogP contribution >= 0.6 is 0 Å². The van der Waals surface area contributed by atoms with Crippen molar-refractivity contribution >= 4 is 17.7 Å². The lowest BCUT2D eigenvalue weighted by molar-refractivity contribution is -0.153. The lowest BCUT2D eigenvalue weighted by Gasteiger charge is -2.38. The Bertz CT molecular complexity index is 1160. The zero-order valence-corrected chi connectivity index (χ0v) is 20.8. The zero-order valence-electron chi connectivity index (χ0n) is 20.8. The van der Waals surface area contributed by atoms with E-state index in [-0.39, 0.29) is 12.3 Å². The van der Waals surface area contributed by atoms with E-state index in [1.807, 2.05) is 72.8 Å². The van der Waals surface area contributed by atoms with Crippen LogP contribution in [0.4, 0.5) is 5.82 Å². The van der Waals surface area contributed by atoms with Gasteiger partial charge in [-0.1, -0.05) is 73.5 Å². The SMILES string of the molecule is COCCC(Cc1ccccc1)(CC1(C(=O)Nc2cc(-c3ccccc3)ccn2)CCCC1)C(=O)O. The van der Waals surface area contributed by atoms with Crippen LogP contribution in [0.25, 0.3) is 11.1 Å². The number of nitrogens with zero attached hydrogens (tertiary/aromatic N) is 1. The second-order valence-electron chi connectivity index (χ2n) is 9.90. The summed E-state index contributed by atoms with van der Waals surface area (Å²) in [6, 6.07) is 23.4. The first kappa shape index (κ1) is 25.6. The number of carbonyl (C=O) groups is 2. The number of carboxylic acids is 1. The Hall–Kier alpha value is -3.51. The number of benzene rings is 2. The molecule has 2 N–H and O–H groups in total. The van der Waals surface area contributed by atoms with Gasteiger partial charge < -0.3 is 15.2 Å². The third-order valence-electron chi connectivity index (χ3n) is 7.45. The lowest BCUT2D eigenvalue weighted by atomic mass is 9.65. The highest BCUT2D eigenvalue weighted by molar-refractivity contribution is 5.95. The Morgan fingerprint density at radius 2 is 1.67 bits per heavy atom. The van der Waals surface area contributed by atoms with Crippen molar-refractivity contribution in [2.24, 2.45) is 10.8 Å². The molecular weight excluding hydrogens is 452 g/mol. The van der Waals surface area contributed by atoms with E-state index in [0.717, 1.165) is 29.5 Å². The molecule has 2 aromatic carbocycles. The summed E-state index contributed by atoms with van der Waals surface area (Å²) in [5.74, 6) is -0.547. The Kier molecular flexibility index (Phi) is 8.16. The number of pyridine rings is 1. The fourth-order valence-electron chi connectivity index (χ4n) is 5.52. The smallest absolute Gasteiger partial charge is 0.310 e. The molecule has 6 nitrogen and oxygen atoms in total. The van der Waals surface area contributed by atoms with Gasteiger partial charge in [0.05, 0.1) is 10.8 Å². The highest BCUT2D eigenvalue weighted by Gasteiger charge is 2.51. The molecule has 1 saturated carbocycles. The fraction of sp³-hybridized carbons (Fsp3) is 0.367. The van der Waals surface area contributed by atoms with Crippen molar-refractivity contribution in [3.05, 3.63) is 84.6 Å². The summed E-state index contributed by atoms with van der Waals surface area (Å²) in [7, 11) is 1.58. The third-order valence-corrected chi connectivity index (χ3v) is 7.45. The molecule has 6 heteroatoms. The molecule has 0 bridgehead atoms. The van der Waals surface area contributed by atoms with Crippen molar-refractivity contribution in [2.45, 2.75) is 44.9 Å². The summed E-state index contributed by atoms with van der Waals surface area (Å²) in [6.45, 7) is 0.317. The van der Waals surface area contributed by atoms with E-state index >= 15 is 0 Å². The van der Waals surface area contributed by atoms with Gasteiger partial charge in [0.1, 0.15) is 5.82 Å². The molecule has 188 valence electrons. The van der Waals surface area contributed by atoms with Crippen LogP contribution < -0.4 is 5.32 Å². The van der Waals surface area contributed by atoms with Crippen LogP contribution in [-0.2, 0) is 20.7 Å². The zero-order chi connectivity index (χ0) is 25.4. The van der Waals surface area contributed by atoms with E-state index in [1.165, 1.54) is 0 Å². The van der Waals surface area contributed by atoms with Gasteiger partial charge in [0.25, 0.3) is 0 Å². The number of methoxy groups -OCH3 is 1. The van der Waals surface area contributed by atoms with Gasteiger partial charge in [-0.25, -0.2) is 4.98 Å². The molecule has 1 unspecified atom stereocenters. The van der Waals surface area contributed by atoms with Gasteiger partial charge in [-0.3, -0.25) is 9.59 Å². The van der Waals surface area contributed by atoms with Gasteiger partial charge in [-0.2, -0.15) is 0 Å². The van der Waals surface area contributed by atoms with E-state index < -0.39 is 16.8 Å². The van der Waals surface area contributed by atoms with Crippen LogP contribution in [0.3, 0.4) is 0 Å². The molecule has 1 heterocycles. The maximum absolute atomic E-state index is 13.8. The van der Waals surface area contributed by atoms with Crippen molar-refractivity contribution in [3.8, 4) is 11.1 Å². The number of anilines is 1. The van der Waals surface area contributed by atoms with Crippen molar-refractivity contribution in [1.29, 1.82) is 0 Å². The molecule has 1 aliphatic rings. The van der Waals surface area contributed by atoms with Gasteiger partial charge in [0.15, 0.2) is 0 Å². The minimum absolute atomic E-state index is 0.145. The van der Waals surface area contributed by atoms with Gasteiger partial charge in [-0.05, 0) is 60.9 Å². The Labute approximate surface area is 212 Å². The van der Waals surface area contributed by atoms with Gasteiger partial charge in [-0.15, -0.1) is 0 Å². The van der Waals surface area contributed by atoms with Crippen molar-refractivity contribution in [2.75, 3.05) is 19.0 Å². The number of amides is 1. The second-order valence-corrected chi connectivity index (χ2v) is 9.90. The Morgan fingerprint density at radius 1 is 1.00 bits per heavy atom. The van der Waals surface area contributed by atoms with E-state index in [2.05, 4.69) is 10.3 Å². The molecule has 0 saturated heterocycles. The molecule has 0 radical (unpaired) electrons. The topological polar surface area (TPSA) is 88.5 Å². The van der Waals surface area contributed by atoms with E-state index in [1.54, 1.807) is 13.3 Å². The van der Waals surface area contributed by atoms with Crippen LogP contribution in [0.5, 0.6) is 0 Å². The molecule has 1 aliphatic carbocycles. The van der Waals surface area contributed by atoms with Crippen LogP contribution in [0.15, 0.2) is 79.0 Å². The quantitative estimate of drug-likeness (QED) is 0.348. The maximum Gasteiger partial charge on any atom is 0.310 e. The molecule has 1 amide bonds. The number of ether oxygens (including phenoxy) is 1. The highest BCUT2D eigenvalue weighted by atomic mass is 16.5. The standard InChI is InChI=1S/C30H34N2O4/c1-36-19-17-30(28(34)35,21-23-10-4-2-5-11-23)22-29(15-8-9-16-29)27(33)32-26-20-25(14-18-31-26)24-12-6-3-7-13-24/h2-7,10-14,18,20H,8-9,15-17,19,21-22H2,1H3,(H,34,35)(H,31,32,33). The van der Waals surface area contributed by atoms with Crippen LogP contribution in [0.1, 0.15) is 44.1 Å². The number of aromatic nitrogens is 1. The third kappa shape index (κ3) is 5.82. The molecule has 0 aliphatic heterocycles. The van der Waals surface area contributed by atoms with Gasteiger partial charge in [0.2, 0.25) is 5.91 Å². The first-order valence-electron chi connectivity index (χ1n) is 12.6. The van der Waals surface area contributed by atoms with Crippen LogP contribution in [-0.4, -0.2) is 35.7 Å². The molecule has 3 aromatic rings. The number of rotatable bonds is 11. The van der Waals surface area contributed by atoms with Gasteiger partial charge in [0, 0.05) is 19.9 Å².